The fraction of sp³-hybridized carbons (Fsp3) is 0.455. The molecule has 2 aromatic heterocycles. The molecular weight excluding hydrogens is 429 g/mol. The maximum absolute atomic E-state index is 13.1. The van der Waals surface area contributed by atoms with Gasteiger partial charge in [0.25, 0.3) is 0 Å². The average Bonchev–Trinajstić information content (AvgIpc) is 3.10. The minimum Gasteiger partial charge on any atom is -0.390 e. The third-order valence-corrected chi connectivity index (χ3v) is 5.93. The first-order valence-corrected chi connectivity index (χ1v) is 10.1. The summed E-state index contributed by atoms with van der Waals surface area (Å²) in [4.78, 5) is 4.28. The lowest BCUT2D eigenvalue weighted by Gasteiger charge is -2.36. The number of alkyl halides is 3. The molecule has 168 valence electrons. The molecule has 0 spiro atoms. The average molecular weight is 455 g/mol. The van der Waals surface area contributed by atoms with Crippen LogP contribution < -0.4 is 5.32 Å². The molecule has 0 radical (unpaired) electrons. The SMILES string of the molecule is CC(C)(O)C1CCC(Nc2ccc3ncc(-c4cccc(C(F)(F)F)c4)n3n2)CC1.Cl. The molecular formula is C22H26ClF3N4O. The quantitative estimate of drug-likeness (QED) is 0.540. The largest absolute Gasteiger partial charge is 0.416 e. The summed E-state index contributed by atoms with van der Waals surface area (Å²) in [5.41, 5.74) is 0.114. The molecule has 0 saturated heterocycles. The molecule has 1 aliphatic carbocycles. The van der Waals surface area contributed by atoms with Crippen LogP contribution in [0.25, 0.3) is 16.9 Å². The van der Waals surface area contributed by atoms with E-state index >= 15 is 0 Å². The van der Waals surface area contributed by atoms with Gasteiger partial charge in [-0.3, -0.25) is 0 Å². The maximum atomic E-state index is 13.1. The highest BCUT2D eigenvalue weighted by Crippen LogP contribution is 2.34. The fourth-order valence-electron chi connectivity index (χ4n) is 4.16. The Morgan fingerprint density at radius 2 is 1.77 bits per heavy atom. The molecule has 0 amide bonds. The van der Waals surface area contributed by atoms with Crippen molar-refractivity contribution < 1.29 is 18.3 Å². The van der Waals surface area contributed by atoms with Crippen molar-refractivity contribution in [2.24, 2.45) is 5.92 Å². The van der Waals surface area contributed by atoms with Crippen molar-refractivity contribution in [3.8, 4) is 11.3 Å². The zero-order valence-corrected chi connectivity index (χ0v) is 18.2. The van der Waals surface area contributed by atoms with E-state index in [1.807, 2.05) is 19.9 Å². The topological polar surface area (TPSA) is 62.5 Å². The summed E-state index contributed by atoms with van der Waals surface area (Å²) >= 11 is 0. The van der Waals surface area contributed by atoms with Gasteiger partial charge in [-0.15, -0.1) is 17.5 Å². The number of nitrogens with one attached hydrogen (secondary N) is 1. The van der Waals surface area contributed by atoms with Crippen molar-refractivity contribution in [1.82, 2.24) is 14.6 Å². The number of nitrogens with zero attached hydrogens (tertiary/aromatic N) is 3. The highest BCUT2D eigenvalue weighted by molar-refractivity contribution is 5.85. The predicted octanol–water partition coefficient (Wildman–Crippen LogP) is 5.58. The maximum Gasteiger partial charge on any atom is 0.416 e. The molecule has 0 unspecified atom stereocenters. The van der Waals surface area contributed by atoms with Crippen molar-refractivity contribution in [3.05, 3.63) is 48.2 Å². The van der Waals surface area contributed by atoms with E-state index in [9.17, 15) is 18.3 Å². The van der Waals surface area contributed by atoms with Crippen molar-refractivity contribution >= 4 is 23.9 Å². The van der Waals surface area contributed by atoms with Gasteiger partial charge < -0.3 is 10.4 Å². The smallest absolute Gasteiger partial charge is 0.390 e. The van der Waals surface area contributed by atoms with Gasteiger partial charge in [0.2, 0.25) is 0 Å². The minimum absolute atomic E-state index is 0. The number of aromatic nitrogens is 3. The molecule has 4 rings (SSSR count). The fourth-order valence-corrected chi connectivity index (χ4v) is 4.16. The Morgan fingerprint density at radius 3 is 2.42 bits per heavy atom. The second-order valence-electron chi connectivity index (χ2n) is 8.56. The van der Waals surface area contributed by atoms with Crippen molar-refractivity contribution in [1.29, 1.82) is 0 Å². The summed E-state index contributed by atoms with van der Waals surface area (Å²) in [5, 5.41) is 18.2. The lowest BCUT2D eigenvalue weighted by Crippen LogP contribution is -2.37. The van der Waals surface area contributed by atoms with Gasteiger partial charge in [-0.25, -0.2) is 9.50 Å². The van der Waals surface area contributed by atoms with Crippen molar-refractivity contribution in [2.45, 2.75) is 57.3 Å². The van der Waals surface area contributed by atoms with Crippen LogP contribution in [0.4, 0.5) is 19.0 Å². The second-order valence-corrected chi connectivity index (χ2v) is 8.56. The lowest BCUT2D eigenvalue weighted by atomic mass is 9.77. The number of rotatable bonds is 4. The van der Waals surface area contributed by atoms with Gasteiger partial charge in [-0.1, -0.05) is 12.1 Å². The van der Waals surface area contributed by atoms with Crippen molar-refractivity contribution in [2.75, 3.05) is 5.32 Å². The molecule has 1 aromatic carbocycles. The van der Waals surface area contributed by atoms with Crippen LogP contribution in [0.3, 0.4) is 0 Å². The Balaban J connectivity index is 0.00000272. The summed E-state index contributed by atoms with van der Waals surface area (Å²) in [5.74, 6) is 0.938. The van der Waals surface area contributed by atoms with Gasteiger partial charge in [0, 0.05) is 11.6 Å². The van der Waals surface area contributed by atoms with Gasteiger partial charge in [-0.05, 0) is 69.7 Å². The Labute approximate surface area is 185 Å². The van der Waals surface area contributed by atoms with Crippen LogP contribution in [0.5, 0.6) is 0 Å². The predicted molar refractivity (Wildman–Crippen MR) is 116 cm³/mol. The molecule has 1 fully saturated rings. The van der Waals surface area contributed by atoms with Crippen LogP contribution in [0.15, 0.2) is 42.6 Å². The second kappa shape index (κ2) is 8.67. The van der Waals surface area contributed by atoms with Gasteiger partial charge >= 0.3 is 6.18 Å². The standard InChI is InChI=1S/C22H25F3N4O.ClH/c1-21(2,30)15-6-8-17(9-7-15)27-19-10-11-20-26-13-18(29(20)28-19)14-4-3-5-16(12-14)22(23,24)25;/h3-5,10-13,15,17,30H,6-9H2,1-2H3,(H,27,28);1H. The van der Waals surface area contributed by atoms with Gasteiger partial charge in [0.15, 0.2) is 5.65 Å². The van der Waals surface area contributed by atoms with Crippen molar-refractivity contribution in [3.63, 3.8) is 0 Å². The van der Waals surface area contributed by atoms with Gasteiger partial charge in [0.05, 0.1) is 23.1 Å². The molecule has 3 aromatic rings. The van der Waals surface area contributed by atoms with Crippen LogP contribution in [0.1, 0.15) is 45.1 Å². The van der Waals surface area contributed by atoms with E-state index < -0.39 is 17.3 Å². The van der Waals surface area contributed by atoms with E-state index in [0.717, 1.165) is 37.8 Å². The van der Waals surface area contributed by atoms with E-state index in [4.69, 9.17) is 0 Å². The van der Waals surface area contributed by atoms with Crippen LogP contribution in [-0.2, 0) is 6.18 Å². The highest BCUT2D eigenvalue weighted by atomic mass is 35.5. The summed E-state index contributed by atoms with van der Waals surface area (Å²) in [7, 11) is 0. The molecule has 1 aliphatic rings. The first-order valence-electron chi connectivity index (χ1n) is 10.1. The number of imidazole rings is 1. The summed E-state index contributed by atoms with van der Waals surface area (Å²) < 4.78 is 40.8. The first kappa shape index (κ1) is 23.3. The van der Waals surface area contributed by atoms with E-state index in [0.29, 0.717) is 22.7 Å². The monoisotopic (exact) mass is 454 g/mol. The molecule has 0 aliphatic heterocycles. The molecule has 5 nitrogen and oxygen atoms in total. The zero-order chi connectivity index (χ0) is 21.5. The number of anilines is 1. The van der Waals surface area contributed by atoms with Crippen LogP contribution in [-0.4, -0.2) is 31.3 Å². The molecule has 2 heterocycles. The normalized spacial score (nSPS) is 19.8. The number of benzene rings is 1. The highest BCUT2D eigenvalue weighted by Gasteiger charge is 2.32. The molecule has 0 atom stereocenters. The van der Waals surface area contributed by atoms with Crippen LogP contribution >= 0.6 is 12.4 Å². The number of aliphatic hydroxyl groups is 1. The van der Waals surface area contributed by atoms with Crippen LogP contribution in [0, 0.1) is 5.92 Å². The number of halogens is 4. The first-order chi connectivity index (χ1) is 14.1. The third-order valence-electron chi connectivity index (χ3n) is 5.93. The van der Waals surface area contributed by atoms with E-state index in [-0.39, 0.29) is 24.4 Å². The summed E-state index contributed by atoms with van der Waals surface area (Å²) in [6.07, 6.45) is 0.861. The van der Waals surface area contributed by atoms with Gasteiger partial charge in [-0.2, -0.15) is 13.2 Å². The third kappa shape index (κ3) is 5.13. The molecule has 31 heavy (non-hydrogen) atoms. The summed E-state index contributed by atoms with van der Waals surface area (Å²) in [6, 6.07) is 9.06. The van der Waals surface area contributed by atoms with E-state index in [2.05, 4.69) is 15.4 Å². The number of hydrogen-bond donors (Lipinski definition) is 2. The lowest BCUT2D eigenvalue weighted by molar-refractivity contribution is -0.137. The summed E-state index contributed by atoms with van der Waals surface area (Å²) in [6.45, 7) is 3.71. The number of fused-ring (bicyclic) bond motifs is 1. The Kier molecular flexibility index (Phi) is 6.53. The Morgan fingerprint density at radius 1 is 1.06 bits per heavy atom. The molecule has 9 heteroatoms. The number of hydrogen-bond acceptors (Lipinski definition) is 4. The van der Waals surface area contributed by atoms with Crippen LogP contribution in [0.2, 0.25) is 0 Å². The minimum atomic E-state index is -4.40. The molecule has 1 saturated carbocycles. The molecule has 2 N–H and O–H groups in total. The van der Waals surface area contributed by atoms with Gasteiger partial charge in [0.1, 0.15) is 5.82 Å². The Bertz CT molecular complexity index is 1040. The zero-order valence-electron chi connectivity index (χ0n) is 17.4. The Hall–Kier alpha value is -2.32. The van der Waals surface area contributed by atoms with E-state index in [1.165, 1.54) is 12.3 Å². The van der Waals surface area contributed by atoms with E-state index in [1.54, 1.807) is 16.6 Å². The molecule has 0 bridgehead atoms.